The number of aromatic amines is 3. The lowest BCUT2D eigenvalue weighted by molar-refractivity contribution is 0.628. The Morgan fingerprint density at radius 2 is 1.97 bits per heavy atom. The summed E-state index contributed by atoms with van der Waals surface area (Å²) in [5.74, 6) is -0.266. The molecule has 31 heavy (non-hydrogen) atoms. The Morgan fingerprint density at radius 3 is 2.74 bits per heavy atom. The van der Waals surface area contributed by atoms with Crippen LogP contribution in [0.2, 0.25) is 0 Å². The van der Waals surface area contributed by atoms with Gasteiger partial charge in [-0.25, -0.2) is 4.39 Å². The van der Waals surface area contributed by atoms with Crippen LogP contribution >= 0.6 is 0 Å². The highest BCUT2D eigenvalue weighted by Crippen LogP contribution is 2.30. The lowest BCUT2D eigenvalue weighted by Gasteiger charge is -2.02. The van der Waals surface area contributed by atoms with Gasteiger partial charge in [0.25, 0.3) is 0 Å². The molecule has 0 radical (unpaired) electrons. The van der Waals surface area contributed by atoms with Crippen LogP contribution in [0.5, 0.6) is 0 Å². The van der Waals surface area contributed by atoms with Crippen molar-refractivity contribution in [3.05, 3.63) is 83.1 Å². The zero-order valence-corrected chi connectivity index (χ0v) is 16.8. The van der Waals surface area contributed by atoms with Gasteiger partial charge in [-0.2, -0.15) is 10.2 Å². The first-order chi connectivity index (χ1) is 15.1. The molecule has 0 aliphatic carbocycles. The van der Waals surface area contributed by atoms with Crippen molar-refractivity contribution in [3.8, 4) is 22.5 Å². The molecule has 0 amide bonds. The van der Waals surface area contributed by atoms with Gasteiger partial charge in [-0.1, -0.05) is 24.8 Å². The van der Waals surface area contributed by atoms with Crippen molar-refractivity contribution in [1.82, 2.24) is 30.4 Å². The first-order valence-electron chi connectivity index (χ1n) is 9.74. The Kier molecular flexibility index (Phi) is 4.55. The van der Waals surface area contributed by atoms with Crippen LogP contribution in [0, 0.1) is 5.82 Å². The van der Waals surface area contributed by atoms with Crippen molar-refractivity contribution >= 4 is 29.1 Å². The molecule has 0 saturated heterocycles. The van der Waals surface area contributed by atoms with E-state index >= 15 is 0 Å². The van der Waals surface area contributed by atoms with Gasteiger partial charge in [0, 0.05) is 34.1 Å². The van der Waals surface area contributed by atoms with E-state index in [1.165, 1.54) is 12.1 Å². The normalized spacial score (nSPS) is 12.7. The van der Waals surface area contributed by atoms with Crippen LogP contribution in [0.4, 0.5) is 4.39 Å². The maximum Gasteiger partial charge on any atom is 0.123 e. The van der Waals surface area contributed by atoms with Gasteiger partial charge in [-0.05, 0) is 42.3 Å². The van der Waals surface area contributed by atoms with Gasteiger partial charge in [0.15, 0.2) is 0 Å². The third-order valence-corrected chi connectivity index (χ3v) is 5.31. The quantitative estimate of drug-likeness (QED) is 0.422. The molecule has 0 fully saturated rings. The van der Waals surface area contributed by atoms with Gasteiger partial charge in [0.1, 0.15) is 11.5 Å². The van der Waals surface area contributed by atoms with E-state index in [-0.39, 0.29) is 5.82 Å². The molecule has 5 aromatic rings. The lowest BCUT2D eigenvalue weighted by Crippen LogP contribution is -2.21. The Hall–Kier alpha value is -4.26. The Bertz CT molecular complexity index is 1500. The number of halogens is 1. The second-order valence-corrected chi connectivity index (χ2v) is 7.31. The molecule has 0 atom stereocenters. The maximum absolute atomic E-state index is 13.3. The zero-order chi connectivity index (χ0) is 21.4. The highest BCUT2D eigenvalue weighted by molar-refractivity contribution is 5.97. The van der Waals surface area contributed by atoms with Crippen molar-refractivity contribution in [1.29, 1.82) is 0 Å². The standard InChI is InChI=1S/C24H19FN6/c1-14(17-10-27-28-11-17)3-8-21-15(2)24(31-30-21)22-9-19-20(12-26-13-23(19)29-22)16-4-6-18(25)7-5-16/h3-13,29-30H,2H2,1H3,(H,27,28)/b14-3+,21-8+. The Balaban J connectivity index is 1.56. The van der Waals surface area contributed by atoms with Crippen LogP contribution in [-0.4, -0.2) is 30.4 Å². The van der Waals surface area contributed by atoms with Gasteiger partial charge in [0.05, 0.1) is 29.0 Å². The predicted octanol–water partition coefficient (Wildman–Crippen LogP) is 3.78. The van der Waals surface area contributed by atoms with Crippen LogP contribution in [0.3, 0.4) is 0 Å². The molecule has 0 bridgehead atoms. The monoisotopic (exact) mass is 410 g/mol. The van der Waals surface area contributed by atoms with Crippen molar-refractivity contribution in [2.24, 2.45) is 0 Å². The van der Waals surface area contributed by atoms with Crippen molar-refractivity contribution < 1.29 is 4.39 Å². The zero-order valence-electron chi connectivity index (χ0n) is 16.8. The summed E-state index contributed by atoms with van der Waals surface area (Å²) in [4.78, 5) is 7.70. The van der Waals surface area contributed by atoms with Crippen molar-refractivity contribution in [2.75, 3.05) is 0 Å². The number of H-pyrrole nitrogens is 3. The number of allylic oxidation sites excluding steroid dienone is 2. The van der Waals surface area contributed by atoms with E-state index in [2.05, 4.69) is 36.9 Å². The number of rotatable bonds is 4. The highest BCUT2D eigenvalue weighted by atomic mass is 19.1. The Morgan fingerprint density at radius 1 is 1.13 bits per heavy atom. The minimum atomic E-state index is -0.266. The number of nitrogens with one attached hydrogen (secondary N) is 3. The number of hydrogen-bond donors (Lipinski definition) is 3. The number of aromatic nitrogens is 6. The molecule has 0 unspecified atom stereocenters. The van der Waals surface area contributed by atoms with E-state index in [0.29, 0.717) is 0 Å². The number of benzene rings is 1. The molecular formula is C24H19FN6. The molecule has 0 saturated carbocycles. The molecule has 152 valence electrons. The van der Waals surface area contributed by atoms with E-state index in [1.807, 2.05) is 31.3 Å². The Labute approximate surface area is 176 Å². The minimum absolute atomic E-state index is 0.266. The molecule has 6 nitrogen and oxygen atoms in total. The van der Waals surface area contributed by atoms with Crippen LogP contribution in [0.1, 0.15) is 12.5 Å². The maximum atomic E-state index is 13.3. The summed E-state index contributed by atoms with van der Waals surface area (Å²) in [6, 6.07) is 8.43. The van der Waals surface area contributed by atoms with Gasteiger partial charge in [-0.15, -0.1) is 0 Å². The summed E-state index contributed by atoms with van der Waals surface area (Å²) < 4.78 is 13.3. The fraction of sp³-hybridized carbons (Fsp3) is 0.0417. The average Bonchev–Trinajstić information content (AvgIpc) is 3.52. The van der Waals surface area contributed by atoms with Crippen LogP contribution < -0.4 is 10.6 Å². The smallest absolute Gasteiger partial charge is 0.123 e. The summed E-state index contributed by atoms with van der Waals surface area (Å²) in [7, 11) is 0. The van der Waals surface area contributed by atoms with E-state index in [0.717, 1.165) is 55.1 Å². The molecule has 0 aliphatic heterocycles. The number of fused-ring (bicyclic) bond motifs is 1. The molecule has 5 rings (SSSR count). The van der Waals surface area contributed by atoms with Gasteiger partial charge in [-0.3, -0.25) is 15.2 Å². The van der Waals surface area contributed by atoms with Crippen LogP contribution in [0.25, 0.3) is 51.6 Å². The van der Waals surface area contributed by atoms with E-state index in [4.69, 9.17) is 0 Å². The fourth-order valence-electron chi connectivity index (χ4n) is 3.55. The molecule has 0 spiro atoms. The summed E-state index contributed by atoms with van der Waals surface area (Å²) in [6.45, 7) is 6.22. The molecule has 4 heterocycles. The van der Waals surface area contributed by atoms with E-state index < -0.39 is 0 Å². The molecule has 7 heteroatoms. The third-order valence-electron chi connectivity index (χ3n) is 5.31. The second-order valence-electron chi connectivity index (χ2n) is 7.31. The van der Waals surface area contributed by atoms with E-state index in [1.54, 1.807) is 30.7 Å². The SMILES string of the molecule is C=c1c(-c2cc3c(-c4ccc(F)cc4)cncc3[nH]2)n[nH]/c1=C/C=C(\C)c1cn[nH]c1. The number of nitrogens with zero attached hydrogens (tertiary/aromatic N) is 3. The molecule has 0 aliphatic rings. The minimum Gasteiger partial charge on any atom is -0.352 e. The van der Waals surface area contributed by atoms with Gasteiger partial charge < -0.3 is 4.98 Å². The number of pyridine rings is 1. The van der Waals surface area contributed by atoms with Gasteiger partial charge >= 0.3 is 0 Å². The molecular weight excluding hydrogens is 391 g/mol. The van der Waals surface area contributed by atoms with E-state index in [9.17, 15) is 4.39 Å². The summed E-state index contributed by atoms with van der Waals surface area (Å²) in [6.07, 6.45) is 11.1. The summed E-state index contributed by atoms with van der Waals surface area (Å²) in [5.41, 5.74) is 6.37. The lowest BCUT2D eigenvalue weighted by atomic mass is 10.0. The number of hydrogen-bond acceptors (Lipinski definition) is 3. The van der Waals surface area contributed by atoms with Crippen molar-refractivity contribution in [3.63, 3.8) is 0 Å². The third kappa shape index (κ3) is 3.46. The molecule has 4 aromatic heterocycles. The first kappa shape index (κ1) is 18.7. The second kappa shape index (κ2) is 7.53. The fourth-order valence-corrected chi connectivity index (χ4v) is 3.55. The molecule has 1 aromatic carbocycles. The largest absolute Gasteiger partial charge is 0.352 e. The van der Waals surface area contributed by atoms with Crippen molar-refractivity contribution in [2.45, 2.75) is 6.92 Å². The van der Waals surface area contributed by atoms with Crippen LogP contribution in [0.15, 0.2) is 61.2 Å². The topological polar surface area (TPSA) is 86.0 Å². The molecule has 3 N–H and O–H groups in total. The van der Waals surface area contributed by atoms with Gasteiger partial charge in [0.2, 0.25) is 0 Å². The highest BCUT2D eigenvalue weighted by Gasteiger charge is 2.12. The first-order valence-corrected chi connectivity index (χ1v) is 9.74. The average molecular weight is 410 g/mol. The summed E-state index contributed by atoms with van der Waals surface area (Å²) >= 11 is 0. The van der Waals surface area contributed by atoms with Crippen LogP contribution in [-0.2, 0) is 0 Å². The predicted molar refractivity (Wildman–Crippen MR) is 121 cm³/mol. The summed E-state index contributed by atoms with van der Waals surface area (Å²) in [5, 5.41) is 16.9.